The van der Waals surface area contributed by atoms with Crippen LogP contribution in [0.2, 0.25) is 0 Å². The molecule has 524 valence electrons. The maximum Gasteiger partial charge on any atom is 0.227 e. The minimum absolute atomic E-state index is 0.00220. The van der Waals surface area contributed by atoms with Crippen LogP contribution >= 0.6 is 0 Å². The molecule has 16 aromatic rings. The van der Waals surface area contributed by atoms with Crippen LogP contribution in [0.4, 0.5) is 0 Å². The highest BCUT2D eigenvalue weighted by atomic mass is 16.4. The van der Waals surface area contributed by atoms with Crippen LogP contribution in [0.15, 0.2) is 212 Å². The number of aromatic nitrogens is 8. The van der Waals surface area contributed by atoms with Crippen molar-refractivity contribution in [1.29, 1.82) is 0 Å². The quantitative estimate of drug-likeness (QED) is 0.145. The molecule has 0 bridgehead atoms. The Morgan fingerprint density at radius 3 is 1.09 bits per heavy atom. The average Bonchev–Trinajstić information content (AvgIpc) is 1.37. The van der Waals surface area contributed by atoms with E-state index in [9.17, 15) is 0 Å². The highest BCUT2D eigenvalue weighted by Crippen LogP contribution is 2.43. The molecule has 1 unspecified atom stereocenters. The standard InChI is InChI=1S/C24H25N2O.C23H23N2O.C23H25N2O.C22H23N2O/c1-16-11-12-18-19-13-14-20(17-8-4-3-5-9-17)25-24(19)27-23(18)22(16)21-10-6-7-15-26(21)2;1-15-10-11-17-18-12-13-19(16-7-3-4-8-16)24-23(18)26-22(17)21(15)20-9-5-6-14-25(20)2;1-15-9-11-17-18-12-10-16(14-23(2,3)4)24-22(18)26-21(17)20(15)19-8-6-7-13-25(19)5;1-14-9-10-15-16-11-12-18(22(2,3)4)23-21(16)25-20(15)19(14)17-8-6-7-13-24(17)5/h6-7,10-15,17H,3-5,8-9H2,1-2H3;5-6,9-14,16H,3-4,7-8H2,1-2H3;6-13H,14H2,1-5H3;6-13H,1-5H3/q4*+1/i8D2,9D2,17D;7D2,16D;2D3,3D3;. The smallest absolute Gasteiger partial charge is 0.227 e. The average molecular weight is 1390 g/mol. The summed E-state index contributed by atoms with van der Waals surface area (Å²) in [4.78, 5) is 18.5. The van der Waals surface area contributed by atoms with E-state index in [1.807, 2.05) is 154 Å². The van der Waals surface area contributed by atoms with E-state index in [1.54, 1.807) is 24.3 Å². The van der Waals surface area contributed by atoms with Crippen LogP contribution in [0.25, 0.3) is 133 Å². The molecule has 104 heavy (non-hydrogen) atoms. The number of hydrogen-bond donors (Lipinski definition) is 0. The number of furan rings is 4. The SMILES string of the molecule is Cc1ccc2c(oc3nc(C(C)(C)C)ccc32)c1-c1cccc[n+]1C.[2H]C([2H])([2H])C(C)(Cc1ccc2c(n1)oc1c(-c3cccc[n+]3C)c(C)ccc12)C([2H])([2H])[2H].[2H]C1([2H])CCCC([2H])([2H])C1([2H])c1ccc2c(n1)oc1c(-c3cccc[n+]3C)c(C)ccc12.[2H]C1([2H])CCCC1([2H])c1ccc2c(n1)oc1c(-c3cccc[n+]3C)c(C)ccc12. The Bertz CT molecular complexity index is 6600. The molecule has 0 amide bonds. The molecular formula is C92H96N8O4+4. The number of nitrogens with zero attached hydrogens (tertiary/aromatic N) is 8. The topological polar surface area (TPSA) is 120 Å². The lowest BCUT2D eigenvalue weighted by atomic mass is 9.86. The third-order valence-electron chi connectivity index (χ3n) is 19.9. The van der Waals surface area contributed by atoms with Crippen molar-refractivity contribution in [2.75, 3.05) is 0 Å². The van der Waals surface area contributed by atoms with Gasteiger partial charge in [-0.25, -0.2) is 38.2 Å². The number of aryl methyl sites for hydroxylation is 8. The lowest BCUT2D eigenvalue weighted by molar-refractivity contribution is -0.660. The Balaban J connectivity index is 0.000000124. The van der Waals surface area contributed by atoms with Crippen LogP contribution in [0.1, 0.15) is 175 Å². The Labute approximate surface area is 629 Å². The first-order valence-electron chi connectivity index (χ1n) is 42.7. The van der Waals surface area contributed by atoms with Gasteiger partial charge in [0.25, 0.3) is 0 Å². The van der Waals surface area contributed by atoms with E-state index in [-0.39, 0.29) is 30.4 Å². The molecule has 18 rings (SSSR count). The van der Waals surface area contributed by atoms with Gasteiger partial charge in [-0.3, -0.25) is 0 Å². The van der Waals surface area contributed by atoms with Crippen molar-refractivity contribution in [3.63, 3.8) is 0 Å². The van der Waals surface area contributed by atoms with E-state index in [0.717, 1.165) is 122 Å². The molecule has 0 spiro atoms. The molecule has 0 N–H and O–H groups in total. The van der Waals surface area contributed by atoms with Crippen LogP contribution in [-0.2, 0) is 40.0 Å². The second-order valence-electron chi connectivity index (χ2n) is 28.9. The maximum atomic E-state index is 8.96. The molecule has 2 aliphatic rings. The minimum atomic E-state index is -2.67. The zero-order valence-electron chi connectivity index (χ0n) is 75.1. The predicted molar refractivity (Wildman–Crippen MR) is 420 cm³/mol. The zero-order valence-corrected chi connectivity index (χ0v) is 61.1. The van der Waals surface area contributed by atoms with Gasteiger partial charge in [0.1, 0.15) is 28.2 Å². The van der Waals surface area contributed by atoms with E-state index in [0.29, 0.717) is 71.1 Å². The molecular weight excluding hydrogens is 1280 g/mol. The van der Waals surface area contributed by atoms with Gasteiger partial charge in [0.15, 0.2) is 47.1 Å². The molecule has 1 atom stereocenters. The number of fused-ring (bicyclic) bond motifs is 12. The Kier molecular flexibility index (Phi) is 14.6. The van der Waals surface area contributed by atoms with Crippen LogP contribution in [0, 0.1) is 33.1 Å². The molecule has 12 aromatic heterocycles. The Morgan fingerprint density at radius 1 is 0.385 bits per heavy atom. The van der Waals surface area contributed by atoms with Gasteiger partial charge in [0, 0.05) is 151 Å². The first-order valence-corrected chi connectivity index (χ1v) is 35.7. The number of rotatable bonds is 7. The predicted octanol–water partition coefficient (Wildman–Crippen LogP) is 21.7. The fourth-order valence-corrected chi connectivity index (χ4v) is 14.5. The van der Waals surface area contributed by atoms with Gasteiger partial charge in [0.2, 0.25) is 45.6 Å². The second-order valence-corrected chi connectivity index (χ2v) is 28.9. The van der Waals surface area contributed by atoms with Gasteiger partial charge in [-0.05, 0) is 160 Å². The number of pyridine rings is 8. The van der Waals surface area contributed by atoms with E-state index < -0.39 is 50.0 Å². The van der Waals surface area contributed by atoms with E-state index in [2.05, 4.69) is 127 Å². The molecule has 12 heteroatoms. The summed E-state index contributed by atoms with van der Waals surface area (Å²) in [6.45, 7) is 10.7. The molecule has 12 nitrogen and oxygen atoms in total. The van der Waals surface area contributed by atoms with Crippen molar-refractivity contribution in [3.05, 3.63) is 240 Å². The van der Waals surface area contributed by atoms with E-state index >= 15 is 0 Å². The van der Waals surface area contributed by atoms with Crippen LogP contribution in [-0.4, -0.2) is 19.9 Å². The highest BCUT2D eigenvalue weighted by Gasteiger charge is 2.28. The van der Waals surface area contributed by atoms with Gasteiger partial charge < -0.3 is 17.7 Å². The monoisotopic (exact) mass is 1390 g/mol. The molecule has 4 aromatic carbocycles. The van der Waals surface area contributed by atoms with Gasteiger partial charge in [0.05, 0.1) is 22.3 Å². The maximum absolute atomic E-state index is 8.96. The molecule has 12 heterocycles. The summed E-state index contributed by atoms with van der Waals surface area (Å²) in [5.41, 5.74) is 17.6. The van der Waals surface area contributed by atoms with Crippen molar-refractivity contribution in [2.24, 2.45) is 33.6 Å². The van der Waals surface area contributed by atoms with Gasteiger partial charge in [-0.1, -0.05) is 122 Å². The molecule has 0 radical (unpaired) electrons. The van der Waals surface area contributed by atoms with Gasteiger partial charge in [-0.15, -0.1) is 0 Å². The zero-order chi connectivity index (χ0) is 84.5. The van der Waals surface area contributed by atoms with E-state index in [1.165, 1.54) is 12.5 Å². The molecule has 2 saturated carbocycles. The van der Waals surface area contributed by atoms with Crippen molar-refractivity contribution in [2.45, 2.75) is 150 Å². The molecule has 2 aliphatic carbocycles. The summed E-state index contributed by atoms with van der Waals surface area (Å²) >= 11 is 0. The summed E-state index contributed by atoms with van der Waals surface area (Å²) in [6.07, 6.45) is 4.37. The minimum Gasteiger partial charge on any atom is -0.437 e. The molecule has 2 fully saturated rings. The van der Waals surface area contributed by atoms with Crippen molar-refractivity contribution < 1.29 is 55.1 Å². The Hall–Kier alpha value is -10.7. The van der Waals surface area contributed by atoms with Gasteiger partial charge in [-0.2, -0.15) is 0 Å². The third kappa shape index (κ3) is 13.4. The lowest BCUT2D eigenvalue weighted by Gasteiger charge is -2.20. The van der Waals surface area contributed by atoms with Crippen molar-refractivity contribution in [3.8, 4) is 45.0 Å². The number of benzene rings is 4. The fraction of sp³-hybridized carbons (Fsp3) is 0.304. The first-order chi connectivity index (χ1) is 55.6. The third-order valence-corrected chi connectivity index (χ3v) is 19.9. The van der Waals surface area contributed by atoms with Crippen LogP contribution < -0.4 is 18.3 Å². The highest BCUT2D eigenvalue weighted by molar-refractivity contribution is 6.12. The summed E-state index contributed by atoms with van der Waals surface area (Å²) < 4.78 is 148. The second kappa shape index (κ2) is 28.1. The fourth-order valence-electron chi connectivity index (χ4n) is 14.5. The van der Waals surface area contributed by atoms with Gasteiger partial charge >= 0.3 is 0 Å². The lowest BCUT2D eigenvalue weighted by Crippen LogP contribution is -2.30. The Morgan fingerprint density at radius 2 is 0.721 bits per heavy atom. The van der Waals surface area contributed by atoms with Crippen LogP contribution in [0.5, 0.6) is 0 Å². The number of hydrogen-bond acceptors (Lipinski definition) is 8. The normalized spacial score (nSPS) is 19.1. The summed E-state index contributed by atoms with van der Waals surface area (Å²) in [6, 6.07) is 55.6. The molecule has 0 saturated heterocycles. The van der Waals surface area contributed by atoms with E-state index in [4.69, 9.17) is 41.8 Å². The summed E-state index contributed by atoms with van der Waals surface area (Å²) in [5, 5.41) is 7.42. The van der Waals surface area contributed by atoms with Crippen molar-refractivity contribution >= 4 is 88.3 Å². The molecule has 0 aliphatic heterocycles. The summed E-state index contributed by atoms with van der Waals surface area (Å²) in [7, 11) is 8.02. The largest absolute Gasteiger partial charge is 0.437 e. The van der Waals surface area contributed by atoms with Crippen molar-refractivity contribution in [1.82, 2.24) is 19.9 Å². The van der Waals surface area contributed by atoms with Crippen LogP contribution in [0.3, 0.4) is 0 Å². The summed E-state index contributed by atoms with van der Waals surface area (Å²) in [5.74, 6) is -3.44. The first kappa shape index (κ1) is 54.0.